The largest absolute Gasteiger partial charge is 0.254 e. The van der Waals surface area contributed by atoms with Crippen molar-refractivity contribution in [1.29, 1.82) is 0 Å². The molecule has 2 heterocycles. The van der Waals surface area contributed by atoms with Crippen LogP contribution in [0.2, 0.25) is 4.47 Å². The first-order valence-electron chi connectivity index (χ1n) is 5.69. The molecule has 4 nitrogen and oxygen atoms in total. The van der Waals surface area contributed by atoms with Gasteiger partial charge in [0, 0.05) is 24.1 Å². The third-order valence-electron chi connectivity index (χ3n) is 2.86. The summed E-state index contributed by atoms with van der Waals surface area (Å²) in [5, 5.41) is 0.386. The summed E-state index contributed by atoms with van der Waals surface area (Å²) in [5.74, 6) is 0.851. The van der Waals surface area contributed by atoms with Crippen LogP contribution in [0.15, 0.2) is 4.21 Å². The van der Waals surface area contributed by atoms with Gasteiger partial charge in [-0.1, -0.05) is 29.9 Å². The van der Waals surface area contributed by atoms with Crippen molar-refractivity contribution in [1.82, 2.24) is 9.29 Å². The summed E-state index contributed by atoms with van der Waals surface area (Å²) >= 11 is 8.67. The van der Waals surface area contributed by atoms with E-state index >= 15 is 0 Å². The molecule has 0 radical (unpaired) electrons. The number of thioether (sulfide) groups is 1. The maximum atomic E-state index is 12.5. The summed E-state index contributed by atoms with van der Waals surface area (Å²) in [6.45, 7) is 4.92. The molecule has 1 saturated heterocycles. The predicted molar refractivity (Wildman–Crippen MR) is 77.2 cm³/mol. The monoisotopic (exact) mass is 326 g/mol. The number of rotatable bonds is 3. The van der Waals surface area contributed by atoms with Gasteiger partial charge >= 0.3 is 0 Å². The highest BCUT2D eigenvalue weighted by atomic mass is 35.5. The van der Waals surface area contributed by atoms with Gasteiger partial charge < -0.3 is 0 Å². The van der Waals surface area contributed by atoms with Crippen LogP contribution in [0.25, 0.3) is 0 Å². The van der Waals surface area contributed by atoms with E-state index in [0.29, 0.717) is 24.0 Å². The van der Waals surface area contributed by atoms with Gasteiger partial charge in [0.2, 0.25) is 0 Å². The lowest BCUT2D eigenvalue weighted by atomic mass is 10.3. The van der Waals surface area contributed by atoms with Crippen LogP contribution in [0, 0.1) is 6.92 Å². The zero-order chi connectivity index (χ0) is 13.3. The van der Waals surface area contributed by atoms with Gasteiger partial charge in [-0.2, -0.15) is 16.1 Å². The molecule has 0 aliphatic carbocycles. The fourth-order valence-corrected chi connectivity index (χ4v) is 6.61. The molecule has 0 amide bonds. The van der Waals surface area contributed by atoms with Crippen molar-refractivity contribution in [2.75, 3.05) is 18.8 Å². The van der Waals surface area contributed by atoms with Crippen LogP contribution in [-0.2, 0) is 10.0 Å². The molecule has 1 atom stereocenters. The van der Waals surface area contributed by atoms with E-state index in [0.717, 1.165) is 23.5 Å². The van der Waals surface area contributed by atoms with Crippen LogP contribution in [-0.4, -0.2) is 41.8 Å². The Morgan fingerprint density at radius 2 is 2.28 bits per heavy atom. The molecule has 1 fully saturated rings. The molecule has 0 saturated carbocycles. The second-order valence-corrected chi connectivity index (χ2v) is 9.23. The van der Waals surface area contributed by atoms with Crippen molar-refractivity contribution in [3.8, 4) is 0 Å². The number of thiazole rings is 1. The van der Waals surface area contributed by atoms with Crippen LogP contribution in [0.5, 0.6) is 0 Å². The smallest absolute Gasteiger partial charge is 0.229 e. The average molecular weight is 327 g/mol. The SMILES string of the molecule is CCC1CN(S(=O)(=O)c2sc(Cl)nc2C)CCS1. The Bertz CT molecular complexity index is 529. The first-order chi connectivity index (χ1) is 8.45. The molecule has 1 aromatic heterocycles. The number of sulfonamides is 1. The van der Waals surface area contributed by atoms with E-state index in [-0.39, 0.29) is 8.68 Å². The minimum atomic E-state index is -3.42. The Morgan fingerprint density at radius 3 is 2.83 bits per heavy atom. The topological polar surface area (TPSA) is 50.3 Å². The van der Waals surface area contributed by atoms with Crippen LogP contribution >= 0.6 is 34.7 Å². The number of aryl methyl sites for hydroxylation is 1. The lowest BCUT2D eigenvalue weighted by Gasteiger charge is -2.30. The van der Waals surface area contributed by atoms with Crippen molar-refractivity contribution in [3.05, 3.63) is 10.2 Å². The average Bonchev–Trinajstić information content (AvgIpc) is 2.69. The van der Waals surface area contributed by atoms with Gasteiger partial charge in [0.05, 0.1) is 5.69 Å². The van der Waals surface area contributed by atoms with E-state index in [1.165, 1.54) is 0 Å². The highest BCUT2D eigenvalue weighted by molar-refractivity contribution is 8.00. The molecule has 1 aliphatic rings. The van der Waals surface area contributed by atoms with Crippen molar-refractivity contribution < 1.29 is 8.42 Å². The van der Waals surface area contributed by atoms with Crippen LogP contribution in [0.3, 0.4) is 0 Å². The fourth-order valence-electron chi connectivity index (χ4n) is 1.86. The first kappa shape index (κ1) is 14.6. The molecule has 1 aromatic rings. The summed E-state index contributed by atoms with van der Waals surface area (Å²) < 4.78 is 27.2. The van der Waals surface area contributed by atoms with Gasteiger partial charge in [0.25, 0.3) is 10.0 Å². The molecule has 18 heavy (non-hydrogen) atoms. The van der Waals surface area contributed by atoms with Crippen LogP contribution < -0.4 is 0 Å². The Hall–Kier alpha value is 0.180. The van der Waals surface area contributed by atoms with E-state index < -0.39 is 10.0 Å². The molecule has 102 valence electrons. The molecular formula is C10H15ClN2O2S3. The summed E-state index contributed by atoms with van der Waals surface area (Å²) in [6, 6.07) is 0. The minimum absolute atomic E-state index is 0.282. The van der Waals surface area contributed by atoms with Crippen LogP contribution in [0.4, 0.5) is 0 Å². The molecule has 2 rings (SSSR count). The van der Waals surface area contributed by atoms with Gasteiger partial charge in [-0.25, -0.2) is 13.4 Å². The first-order valence-corrected chi connectivity index (χ1v) is 9.38. The third kappa shape index (κ3) is 2.85. The van der Waals surface area contributed by atoms with Crippen LogP contribution in [0.1, 0.15) is 19.0 Å². The molecule has 1 aliphatic heterocycles. The Morgan fingerprint density at radius 1 is 1.56 bits per heavy atom. The molecular weight excluding hydrogens is 312 g/mol. The van der Waals surface area contributed by atoms with E-state index in [1.54, 1.807) is 11.2 Å². The van der Waals surface area contributed by atoms with Crippen molar-refractivity contribution in [2.24, 2.45) is 0 Å². The second kappa shape index (κ2) is 5.66. The summed E-state index contributed by atoms with van der Waals surface area (Å²) in [7, 11) is -3.42. The molecule has 8 heteroatoms. The third-order valence-corrected chi connectivity index (χ3v) is 7.94. The number of nitrogens with zero attached hydrogens (tertiary/aromatic N) is 2. The molecule has 0 N–H and O–H groups in total. The lowest BCUT2D eigenvalue weighted by molar-refractivity contribution is 0.417. The lowest BCUT2D eigenvalue weighted by Crippen LogP contribution is -2.41. The Labute approximate surface area is 121 Å². The molecule has 0 aromatic carbocycles. The maximum Gasteiger partial charge on any atom is 0.254 e. The summed E-state index contributed by atoms with van der Waals surface area (Å²) in [6.07, 6.45) is 0.985. The van der Waals surface area contributed by atoms with E-state index in [2.05, 4.69) is 11.9 Å². The molecule has 0 spiro atoms. The quantitative estimate of drug-likeness (QED) is 0.856. The Kier molecular flexibility index (Phi) is 4.59. The highest BCUT2D eigenvalue weighted by Crippen LogP contribution is 2.32. The number of aromatic nitrogens is 1. The van der Waals surface area contributed by atoms with Crippen molar-refractivity contribution >= 4 is 44.7 Å². The van der Waals surface area contributed by atoms with E-state index in [9.17, 15) is 8.42 Å². The zero-order valence-electron chi connectivity index (χ0n) is 10.2. The predicted octanol–water partition coefficient (Wildman–Crippen LogP) is 2.62. The van der Waals surface area contributed by atoms with E-state index in [4.69, 9.17) is 11.6 Å². The number of hydrogen-bond acceptors (Lipinski definition) is 5. The van der Waals surface area contributed by atoms with Gasteiger partial charge in [-0.15, -0.1) is 0 Å². The van der Waals surface area contributed by atoms with Crippen molar-refractivity contribution in [3.63, 3.8) is 0 Å². The van der Waals surface area contributed by atoms with Gasteiger partial charge in [-0.3, -0.25) is 0 Å². The molecule has 0 bridgehead atoms. The summed E-state index contributed by atoms with van der Waals surface area (Å²) in [4.78, 5) is 3.98. The second-order valence-electron chi connectivity index (χ2n) is 4.10. The number of halogens is 1. The highest BCUT2D eigenvalue weighted by Gasteiger charge is 2.32. The number of hydrogen-bond donors (Lipinski definition) is 0. The normalized spacial score (nSPS) is 22.3. The maximum absolute atomic E-state index is 12.5. The zero-order valence-corrected chi connectivity index (χ0v) is 13.4. The van der Waals surface area contributed by atoms with Gasteiger partial charge in [0.15, 0.2) is 8.68 Å². The van der Waals surface area contributed by atoms with Gasteiger partial charge in [-0.05, 0) is 13.3 Å². The fraction of sp³-hybridized carbons (Fsp3) is 0.700. The molecule has 1 unspecified atom stereocenters. The standard InChI is InChI=1S/C10H15ClN2O2S3/c1-3-8-6-13(4-5-16-8)18(14,15)9-7(2)12-10(11)17-9/h8H,3-6H2,1-2H3. The Balaban J connectivity index is 2.28. The van der Waals surface area contributed by atoms with Crippen molar-refractivity contribution in [2.45, 2.75) is 29.7 Å². The van der Waals surface area contributed by atoms with E-state index in [1.807, 2.05) is 11.8 Å². The summed E-state index contributed by atoms with van der Waals surface area (Å²) in [5.41, 5.74) is 0.497. The van der Waals surface area contributed by atoms with Gasteiger partial charge in [0.1, 0.15) is 0 Å². The minimum Gasteiger partial charge on any atom is -0.229 e.